The van der Waals surface area contributed by atoms with Crippen LogP contribution in [-0.4, -0.2) is 174 Å². The number of carbonyl (C=O) groups is 8. The van der Waals surface area contributed by atoms with Crippen LogP contribution >= 0.6 is 0 Å². The number of carbonyl (C=O) groups excluding carboxylic acids is 8. The van der Waals surface area contributed by atoms with Crippen molar-refractivity contribution in [1.82, 2.24) is 35.6 Å². The van der Waals surface area contributed by atoms with E-state index >= 15 is 0 Å². The molecule has 0 spiro atoms. The second-order valence-corrected chi connectivity index (χ2v) is 21.1. The number of ether oxygens (including phenoxy) is 3. The Morgan fingerprint density at radius 3 is 2.10 bits per heavy atom. The van der Waals surface area contributed by atoms with Crippen LogP contribution in [0.15, 0.2) is 24.3 Å². The van der Waals surface area contributed by atoms with Crippen LogP contribution in [0.25, 0.3) is 0 Å². The van der Waals surface area contributed by atoms with Crippen molar-refractivity contribution in [3.63, 3.8) is 0 Å². The predicted octanol–water partition coefficient (Wildman–Crippen LogP) is 2.83. The second kappa shape index (κ2) is 26.4. The maximum absolute atomic E-state index is 14.8. The molecule has 6 amide bonds. The zero-order chi connectivity index (χ0) is 53.0. The molecule has 3 saturated heterocycles. The number of esters is 2. The number of likely N-dealkylation sites (tertiary alicyclic amines) is 1. The molecule has 2 unspecified atom stereocenters. The lowest BCUT2D eigenvalue weighted by molar-refractivity contribution is -0.162. The Morgan fingerprint density at radius 2 is 1.54 bits per heavy atom. The van der Waals surface area contributed by atoms with Crippen LogP contribution in [-0.2, 0) is 54.3 Å². The van der Waals surface area contributed by atoms with Crippen LogP contribution in [0.5, 0.6) is 5.75 Å². The molecule has 19 heteroatoms. The van der Waals surface area contributed by atoms with E-state index in [1.54, 1.807) is 52.1 Å². The molecule has 0 aromatic heterocycles. The molecule has 3 heterocycles. The van der Waals surface area contributed by atoms with Gasteiger partial charge < -0.3 is 50.0 Å². The third-order valence-electron chi connectivity index (χ3n) is 14.3. The minimum Gasteiger partial charge on any atom is -0.497 e. The Bertz CT molecular complexity index is 2020. The molecule has 398 valence electrons. The van der Waals surface area contributed by atoms with E-state index in [0.29, 0.717) is 30.6 Å². The minimum absolute atomic E-state index is 0.0560. The molecular formula is C52H83N7O12. The Labute approximate surface area is 420 Å². The molecule has 1 aromatic carbocycles. The maximum Gasteiger partial charge on any atom is 0.329 e. The second-order valence-electron chi connectivity index (χ2n) is 21.1. The first-order chi connectivity index (χ1) is 33.4. The van der Waals surface area contributed by atoms with Crippen molar-refractivity contribution in [2.45, 2.75) is 181 Å². The number of amides is 6. The number of nitrogens with zero attached hydrogens (tertiary/aromatic N) is 4. The molecule has 1 aromatic rings. The van der Waals surface area contributed by atoms with Gasteiger partial charge in [-0.05, 0) is 100 Å². The quantitative estimate of drug-likeness (QED) is 0.197. The number of benzene rings is 1. The number of cyclic esters (lactones) is 2. The molecule has 3 fully saturated rings. The van der Waals surface area contributed by atoms with Gasteiger partial charge in [0.1, 0.15) is 42.1 Å². The molecule has 0 radical (unpaired) electrons. The number of fused-ring (bicyclic) bond motifs is 1. The summed E-state index contributed by atoms with van der Waals surface area (Å²) in [5.74, 6) is -6.06. The highest BCUT2D eigenvalue weighted by Gasteiger charge is 2.45. The fourth-order valence-corrected chi connectivity index (χ4v) is 9.77. The van der Waals surface area contributed by atoms with Crippen molar-refractivity contribution >= 4 is 47.4 Å². The van der Waals surface area contributed by atoms with Crippen LogP contribution in [0.3, 0.4) is 0 Å². The van der Waals surface area contributed by atoms with Crippen LogP contribution in [0.4, 0.5) is 0 Å². The van der Waals surface area contributed by atoms with Gasteiger partial charge in [-0.2, -0.15) is 0 Å². The lowest BCUT2D eigenvalue weighted by atomic mass is 9.92. The van der Waals surface area contributed by atoms with E-state index in [0.717, 1.165) is 13.0 Å². The van der Waals surface area contributed by atoms with Crippen LogP contribution in [0.2, 0.25) is 0 Å². The molecule has 11 atom stereocenters. The topological polar surface area (TPSA) is 234 Å². The number of aliphatic hydroxyl groups is 1. The molecule has 4 rings (SSSR count). The molecule has 0 bridgehead atoms. The number of hydrogen-bond acceptors (Lipinski definition) is 13. The van der Waals surface area contributed by atoms with Gasteiger partial charge in [-0.25, -0.2) is 4.79 Å². The standard InChI is InChI=1S/C52H83N7O12/c1-14-32(8)43-41(60)28-42(61)71-45(31(6)7)48(64)53-36(25-29(2)3)49(65)59-24-16-18-38(59)51(67)58(12)40(27-34-19-21-35(69-13)22-20-34)52(68)70-33(9)44(47(63)54-43)55-46(62)39(26-30(4)5)57(11)50(66)37-17-15-23-56(37)10/h19-22,29-33,36-41,43-45,60H,14-18,23-28H2,1-13H3,(H,53,64)(H,54,63)(H,55,62)/t32-,33+,36-,37?,38-,39?,40-,41-,43+,44-,45-/m0/s1. The SMILES string of the molecule is CC[C@H](C)[C@H]1NC(=O)[C@@H](NC(=O)C(CC(C)C)N(C)C(=O)C2CCCN2C)[C@@H](C)OC(=O)[C@H](Cc2ccc(OC)cc2)N(C)C(=O)[C@@H]2CCCN2C(=O)[C@H](CC(C)C)NC(=O)[C@H](C(C)C)OC(=O)C[C@@H]1O. The third-order valence-corrected chi connectivity index (χ3v) is 14.3. The number of likely N-dealkylation sites (N-methyl/N-ethyl adjacent to an activating group) is 3. The zero-order valence-electron chi connectivity index (χ0n) is 44.4. The van der Waals surface area contributed by atoms with E-state index in [1.165, 1.54) is 35.8 Å². The van der Waals surface area contributed by atoms with Gasteiger partial charge in [0.15, 0.2) is 6.10 Å². The third kappa shape index (κ3) is 15.4. The largest absolute Gasteiger partial charge is 0.497 e. The summed E-state index contributed by atoms with van der Waals surface area (Å²) >= 11 is 0. The number of aliphatic hydroxyl groups excluding tert-OH is 1. The van der Waals surface area contributed by atoms with Gasteiger partial charge in [-0.1, -0.05) is 73.9 Å². The van der Waals surface area contributed by atoms with Crippen molar-refractivity contribution in [3.8, 4) is 5.75 Å². The Balaban J connectivity index is 1.86. The first-order valence-electron chi connectivity index (χ1n) is 25.6. The average molecular weight is 998 g/mol. The van der Waals surface area contributed by atoms with Gasteiger partial charge >= 0.3 is 11.9 Å². The molecule has 3 aliphatic heterocycles. The van der Waals surface area contributed by atoms with E-state index in [-0.39, 0.29) is 50.0 Å². The molecule has 4 N–H and O–H groups in total. The van der Waals surface area contributed by atoms with Gasteiger partial charge in [-0.15, -0.1) is 0 Å². The van der Waals surface area contributed by atoms with E-state index < -0.39 is 120 Å². The summed E-state index contributed by atoms with van der Waals surface area (Å²) in [7, 11) is 6.38. The lowest BCUT2D eigenvalue weighted by Gasteiger charge is -2.36. The smallest absolute Gasteiger partial charge is 0.329 e. The molecule has 19 nitrogen and oxygen atoms in total. The van der Waals surface area contributed by atoms with Crippen molar-refractivity contribution in [2.75, 3.05) is 41.3 Å². The molecule has 0 saturated carbocycles. The summed E-state index contributed by atoms with van der Waals surface area (Å²) in [5, 5.41) is 20.2. The first-order valence-corrected chi connectivity index (χ1v) is 25.6. The first kappa shape index (κ1) is 58.3. The summed E-state index contributed by atoms with van der Waals surface area (Å²) < 4.78 is 17.3. The fourth-order valence-electron chi connectivity index (χ4n) is 9.77. The van der Waals surface area contributed by atoms with E-state index in [2.05, 4.69) is 16.0 Å². The van der Waals surface area contributed by atoms with Gasteiger partial charge in [0, 0.05) is 27.1 Å². The van der Waals surface area contributed by atoms with Crippen LogP contribution < -0.4 is 20.7 Å². The number of nitrogens with one attached hydrogen (secondary N) is 3. The highest BCUT2D eigenvalue weighted by Crippen LogP contribution is 2.26. The average Bonchev–Trinajstić information content (AvgIpc) is 3.99. The highest BCUT2D eigenvalue weighted by molar-refractivity contribution is 5.96. The van der Waals surface area contributed by atoms with E-state index in [4.69, 9.17) is 14.2 Å². The summed E-state index contributed by atoms with van der Waals surface area (Å²) in [6.07, 6.45) is -2.03. The number of methoxy groups -OCH3 is 1. The Morgan fingerprint density at radius 1 is 0.887 bits per heavy atom. The zero-order valence-corrected chi connectivity index (χ0v) is 44.4. The molecule has 71 heavy (non-hydrogen) atoms. The van der Waals surface area contributed by atoms with Crippen molar-refractivity contribution in [2.24, 2.45) is 23.7 Å². The lowest BCUT2D eigenvalue weighted by Crippen LogP contribution is -2.62. The summed E-state index contributed by atoms with van der Waals surface area (Å²) in [6.45, 7) is 16.9. The van der Waals surface area contributed by atoms with E-state index in [1.807, 2.05) is 46.6 Å². The maximum atomic E-state index is 14.8. The Hall–Kier alpha value is -5.30. The van der Waals surface area contributed by atoms with Gasteiger partial charge in [-0.3, -0.25) is 38.5 Å². The molecule has 3 aliphatic rings. The van der Waals surface area contributed by atoms with Gasteiger partial charge in [0.25, 0.3) is 5.91 Å². The number of hydrogen-bond donors (Lipinski definition) is 4. The monoisotopic (exact) mass is 998 g/mol. The summed E-state index contributed by atoms with van der Waals surface area (Å²) in [5.41, 5.74) is 0.631. The van der Waals surface area contributed by atoms with Crippen molar-refractivity contribution < 1.29 is 57.7 Å². The highest BCUT2D eigenvalue weighted by atomic mass is 16.6. The van der Waals surface area contributed by atoms with Crippen molar-refractivity contribution in [1.29, 1.82) is 0 Å². The van der Waals surface area contributed by atoms with Gasteiger partial charge in [0.2, 0.25) is 29.5 Å². The number of rotatable bonds is 14. The summed E-state index contributed by atoms with van der Waals surface area (Å²) in [4.78, 5) is 121. The van der Waals surface area contributed by atoms with E-state index in [9.17, 15) is 43.5 Å². The molecule has 0 aliphatic carbocycles. The van der Waals surface area contributed by atoms with Crippen molar-refractivity contribution in [3.05, 3.63) is 29.8 Å². The summed E-state index contributed by atoms with van der Waals surface area (Å²) in [6, 6.07) is -0.768. The Kier molecular flexibility index (Phi) is 21.7. The van der Waals surface area contributed by atoms with Crippen LogP contribution in [0, 0.1) is 23.7 Å². The van der Waals surface area contributed by atoms with Gasteiger partial charge in [0.05, 0.1) is 31.7 Å². The normalized spacial score (nSPS) is 27.9. The fraction of sp³-hybridized carbons (Fsp3) is 0.731. The molecular weight excluding hydrogens is 915 g/mol. The predicted molar refractivity (Wildman–Crippen MR) is 265 cm³/mol. The van der Waals surface area contributed by atoms with Crippen LogP contribution in [0.1, 0.15) is 119 Å². The minimum atomic E-state index is -1.63.